The van der Waals surface area contributed by atoms with E-state index in [2.05, 4.69) is 4.98 Å². The van der Waals surface area contributed by atoms with Gasteiger partial charge in [-0.15, -0.1) is 0 Å². The third-order valence-corrected chi connectivity index (χ3v) is 7.32. The van der Waals surface area contributed by atoms with Crippen LogP contribution in [0.4, 0.5) is 11.4 Å². The molecule has 29 heavy (non-hydrogen) atoms. The number of likely N-dealkylation sites (N-methyl/N-ethyl adjacent to an activating group) is 1. The lowest BCUT2D eigenvalue weighted by atomic mass is 9.93. The first-order valence-corrected chi connectivity index (χ1v) is 11.5. The minimum Gasteiger partial charge on any atom is -0.368 e. The zero-order valence-electron chi connectivity index (χ0n) is 16.8. The molecule has 154 valence electrons. The molecule has 3 heterocycles. The van der Waals surface area contributed by atoms with Crippen LogP contribution >= 0.6 is 11.6 Å². The van der Waals surface area contributed by atoms with Gasteiger partial charge in [-0.05, 0) is 43.7 Å². The second-order valence-corrected chi connectivity index (χ2v) is 10.6. The predicted octanol–water partition coefficient (Wildman–Crippen LogP) is 2.71. The van der Waals surface area contributed by atoms with Gasteiger partial charge >= 0.3 is 0 Å². The van der Waals surface area contributed by atoms with Crippen LogP contribution in [-0.4, -0.2) is 56.0 Å². The number of nitrogens with zero attached hydrogens (tertiary/aromatic N) is 4. The molecule has 4 rings (SSSR count). The number of carbonyl (C=O) groups is 1. The monoisotopic (exact) mass is 434 g/mol. The molecule has 2 aliphatic rings. The van der Waals surface area contributed by atoms with Crippen molar-refractivity contribution in [2.24, 2.45) is 0 Å². The minimum absolute atomic E-state index is 0.0695. The Kier molecular flexibility index (Phi) is 4.64. The molecule has 1 saturated heterocycles. The molecule has 0 spiro atoms. The average Bonchev–Trinajstić information content (AvgIpc) is 2.78. The summed E-state index contributed by atoms with van der Waals surface area (Å²) in [4.78, 5) is 21.2. The summed E-state index contributed by atoms with van der Waals surface area (Å²) in [5.41, 5.74) is 2.48. The summed E-state index contributed by atoms with van der Waals surface area (Å²) in [5.74, 6) is -0.0878. The van der Waals surface area contributed by atoms with E-state index in [0.29, 0.717) is 29.4 Å². The van der Waals surface area contributed by atoms with Crippen LogP contribution in [-0.2, 0) is 15.6 Å². The zero-order valence-corrected chi connectivity index (χ0v) is 18.3. The normalized spacial score (nSPS) is 19.2. The van der Waals surface area contributed by atoms with E-state index in [1.165, 1.54) is 10.6 Å². The molecular weight excluding hydrogens is 412 g/mol. The van der Waals surface area contributed by atoms with E-state index in [1.54, 1.807) is 29.4 Å². The first kappa shape index (κ1) is 20.1. The van der Waals surface area contributed by atoms with Gasteiger partial charge < -0.3 is 4.90 Å². The van der Waals surface area contributed by atoms with Crippen molar-refractivity contribution in [3.8, 4) is 0 Å². The second-order valence-electron chi connectivity index (χ2n) is 8.14. The molecular formula is C20H23ClN4O3S. The molecule has 7 nitrogen and oxygen atoms in total. The lowest BCUT2D eigenvalue weighted by Crippen LogP contribution is -2.60. The molecule has 0 bridgehead atoms. The van der Waals surface area contributed by atoms with Crippen LogP contribution in [0, 0.1) is 0 Å². The van der Waals surface area contributed by atoms with Gasteiger partial charge in [0.05, 0.1) is 41.6 Å². The highest BCUT2D eigenvalue weighted by molar-refractivity contribution is 7.88. The molecule has 1 amide bonds. The Morgan fingerprint density at radius 1 is 1.21 bits per heavy atom. The molecule has 0 saturated carbocycles. The van der Waals surface area contributed by atoms with Crippen LogP contribution in [0.1, 0.15) is 29.8 Å². The molecule has 0 atom stereocenters. The highest BCUT2D eigenvalue weighted by atomic mass is 35.5. The van der Waals surface area contributed by atoms with Gasteiger partial charge in [-0.3, -0.25) is 14.7 Å². The Balaban J connectivity index is 1.62. The number of hydrogen-bond acceptors (Lipinski definition) is 5. The molecule has 2 aromatic rings. The lowest BCUT2D eigenvalue weighted by Gasteiger charge is -2.43. The van der Waals surface area contributed by atoms with E-state index in [9.17, 15) is 13.2 Å². The topological polar surface area (TPSA) is 73.8 Å². The predicted molar refractivity (Wildman–Crippen MR) is 114 cm³/mol. The van der Waals surface area contributed by atoms with E-state index in [1.807, 2.05) is 37.9 Å². The van der Waals surface area contributed by atoms with Crippen LogP contribution in [0.15, 0.2) is 36.7 Å². The van der Waals surface area contributed by atoms with E-state index in [-0.39, 0.29) is 11.9 Å². The van der Waals surface area contributed by atoms with Gasteiger partial charge in [0.25, 0.3) is 5.91 Å². The van der Waals surface area contributed by atoms with Gasteiger partial charge in [0.15, 0.2) is 0 Å². The summed E-state index contributed by atoms with van der Waals surface area (Å²) in [6, 6.07) is 7.32. The van der Waals surface area contributed by atoms with Gasteiger partial charge in [0.2, 0.25) is 10.0 Å². The fourth-order valence-electron chi connectivity index (χ4n) is 4.02. The summed E-state index contributed by atoms with van der Waals surface area (Å²) in [6.45, 7) is 4.86. The third kappa shape index (κ3) is 3.29. The fourth-order valence-corrected chi connectivity index (χ4v) is 5.08. The van der Waals surface area contributed by atoms with E-state index < -0.39 is 15.6 Å². The smallest absolute Gasteiger partial charge is 0.259 e. The van der Waals surface area contributed by atoms with Crippen molar-refractivity contribution in [2.75, 3.05) is 36.2 Å². The van der Waals surface area contributed by atoms with Gasteiger partial charge in [0, 0.05) is 30.7 Å². The number of fused-ring (bicyclic) bond motifs is 1. The first-order valence-electron chi connectivity index (χ1n) is 9.28. The number of rotatable bonds is 4. The van der Waals surface area contributed by atoms with Crippen molar-refractivity contribution >= 4 is 38.9 Å². The Morgan fingerprint density at radius 2 is 1.90 bits per heavy atom. The summed E-state index contributed by atoms with van der Waals surface area (Å²) in [6.07, 6.45) is 4.62. The number of carbonyl (C=O) groups excluding carboxylic acids is 1. The number of halogens is 1. The molecule has 2 aliphatic heterocycles. The molecule has 1 aromatic carbocycles. The van der Waals surface area contributed by atoms with Crippen molar-refractivity contribution in [3.05, 3.63) is 52.8 Å². The van der Waals surface area contributed by atoms with Crippen LogP contribution in [0.5, 0.6) is 0 Å². The van der Waals surface area contributed by atoms with Gasteiger partial charge in [-0.1, -0.05) is 11.6 Å². The molecule has 0 N–H and O–H groups in total. The molecule has 0 aliphatic carbocycles. The first-order chi connectivity index (χ1) is 13.5. The van der Waals surface area contributed by atoms with Crippen molar-refractivity contribution in [1.82, 2.24) is 9.29 Å². The maximum Gasteiger partial charge on any atom is 0.259 e. The van der Waals surface area contributed by atoms with E-state index in [0.717, 1.165) is 11.3 Å². The molecule has 0 radical (unpaired) electrons. The highest BCUT2D eigenvalue weighted by Gasteiger charge is 2.44. The number of benzene rings is 1. The summed E-state index contributed by atoms with van der Waals surface area (Å²) in [5, 5.41) is 0.596. The third-order valence-electron chi connectivity index (χ3n) is 5.85. The number of pyridine rings is 1. The second kappa shape index (κ2) is 6.68. The standard InChI is InChI=1S/C20H23ClN4O3S/c1-20(2)18-7-13(21)5-6-17(18)19(26)25(20)15-8-14(9-22-10-15)23(3)16-11-24(12-16)29(4,27)28/h5-10,16H,11-12H2,1-4H3. The lowest BCUT2D eigenvalue weighted by molar-refractivity contribution is 0.0982. The number of sulfonamides is 1. The van der Waals surface area contributed by atoms with E-state index in [4.69, 9.17) is 11.6 Å². The fraction of sp³-hybridized carbons (Fsp3) is 0.400. The Hall–Kier alpha value is -2.16. The summed E-state index contributed by atoms with van der Waals surface area (Å²) < 4.78 is 24.7. The number of aromatic nitrogens is 1. The Labute approximate surface area is 175 Å². The number of hydrogen-bond donors (Lipinski definition) is 0. The van der Waals surface area contributed by atoms with Crippen LogP contribution < -0.4 is 9.80 Å². The van der Waals surface area contributed by atoms with Crippen LogP contribution in [0.3, 0.4) is 0 Å². The maximum atomic E-state index is 13.1. The minimum atomic E-state index is -3.17. The molecule has 9 heteroatoms. The zero-order chi connectivity index (χ0) is 21.1. The van der Waals surface area contributed by atoms with Gasteiger partial charge in [-0.25, -0.2) is 8.42 Å². The average molecular weight is 435 g/mol. The largest absolute Gasteiger partial charge is 0.368 e. The molecule has 0 unspecified atom stereocenters. The van der Waals surface area contributed by atoms with Crippen molar-refractivity contribution in [1.29, 1.82) is 0 Å². The van der Waals surface area contributed by atoms with Crippen LogP contribution in [0.2, 0.25) is 5.02 Å². The van der Waals surface area contributed by atoms with Crippen molar-refractivity contribution < 1.29 is 13.2 Å². The Bertz CT molecular complexity index is 1100. The van der Waals surface area contributed by atoms with Crippen LogP contribution in [0.25, 0.3) is 0 Å². The van der Waals surface area contributed by atoms with Gasteiger partial charge in [0.1, 0.15) is 0 Å². The molecule has 1 aromatic heterocycles. The summed E-state index contributed by atoms with van der Waals surface area (Å²) >= 11 is 6.16. The number of amides is 1. The van der Waals surface area contributed by atoms with E-state index >= 15 is 0 Å². The maximum absolute atomic E-state index is 13.1. The van der Waals surface area contributed by atoms with Gasteiger partial charge in [-0.2, -0.15) is 4.31 Å². The van der Waals surface area contributed by atoms with Crippen molar-refractivity contribution in [2.45, 2.75) is 25.4 Å². The Morgan fingerprint density at radius 3 is 2.55 bits per heavy atom. The highest BCUT2D eigenvalue weighted by Crippen LogP contribution is 2.43. The van der Waals surface area contributed by atoms with Crippen molar-refractivity contribution in [3.63, 3.8) is 0 Å². The molecule has 1 fully saturated rings. The summed E-state index contributed by atoms with van der Waals surface area (Å²) in [7, 11) is -1.25. The SMILES string of the molecule is CN(c1cncc(N2C(=O)c3ccc(Cl)cc3C2(C)C)c1)C1CN(S(C)(=O)=O)C1. The number of anilines is 2. The quantitative estimate of drug-likeness (QED) is 0.739.